The average Bonchev–Trinajstić information content (AvgIpc) is 3.89. The second-order valence-corrected chi connectivity index (χ2v) is 28.7. The quantitative estimate of drug-likeness (QED) is 0.123. The summed E-state index contributed by atoms with van der Waals surface area (Å²) < 4.78 is 10.8. The minimum atomic E-state index is -1.72. The Morgan fingerprint density at radius 3 is 2.05 bits per heavy atom. The number of hydrogen-bond donors (Lipinski definition) is 0. The van der Waals surface area contributed by atoms with E-state index in [1.165, 1.54) is 43.5 Å². The van der Waals surface area contributed by atoms with Crippen molar-refractivity contribution in [3.63, 3.8) is 0 Å². The summed E-state index contributed by atoms with van der Waals surface area (Å²) >= 11 is -1.72. The van der Waals surface area contributed by atoms with Crippen molar-refractivity contribution in [3.05, 3.63) is 168 Å². The van der Waals surface area contributed by atoms with E-state index in [0.29, 0.717) is 11.8 Å². The summed E-state index contributed by atoms with van der Waals surface area (Å²) in [6.07, 6.45) is 2.04. The Balaban J connectivity index is 0.000000248. The van der Waals surface area contributed by atoms with E-state index in [4.69, 9.17) is 9.40 Å². The predicted molar refractivity (Wildman–Crippen MR) is 250 cm³/mol. The fourth-order valence-electron chi connectivity index (χ4n) is 8.89. The van der Waals surface area contributed by atoms with Crippen LogP contribution in [-0.4, -0.2) is 27.8 Å². The van der Waals surface area contributed by atoms with Crippen molar-refractivity contribution in [2.45, 2.75) is 76.1 Å². The summed E-state index contributed by atoms with van der Waals surface area (Å²) in [5.74, 6) is 8.69. The van der Waals surface area contributed by atoms with Gasteiger partial charge in [0.1, 0.15) is 5.58 Å². The number of benzene rings is 6. The Morgan fingerprint density at radius 2 is 1.37 bits per heavy atom. The van der Waals surface area contributed by atoms with E-state index >= 15 is 0 Å². The maximum atomic E-state index is 6.99. The van der Waals surface area contributed by atoms with Crippen LogP contribution in [0.1, 0.15) is 75.6 Å². The zero-order valence-corrected chi connectivity index (χ0v) is 40.4. The first-order chi connectivity index (χ1) is 28.3. The number of hydrogen-bond acceptors (Lipinski definition) is 3. The maximum Gasteiger partial charge on any atom is 0 e. The maximum absolute atomic E-state index is 6.99. The smallest absolute Gasteiger partial charge is 0 e. The van der Waals surface area contributed by atoms with Crippen LogP contribution in [0.2, 0.25) is 17.3 Å². The Labute approximate surface area is 370 Å². The van der Waals surface area contributed by atoms with Crippen molar-refractivity contribution >= 4 is 50.6 Å². The second-order valence-electron chi connectivity index (χ2n) is 18.0. The van der Waals surface area contributed by atoms with Gasteiger partial charge in [0.2, 0.25) is 0 Å². The van der Waals surface area contributed by atoms with Crippen molar-refractivity contribution < 1.29 is 24.5 Å². The molecular formula is C54H51GeIrN3O-2. The van der Waals surface area contributed by atoms with Gasteiger partial charge in [-0.1, -0.05) is 119 Å². The molecule has 3 heterocycles. The average molecular weight is 1020 g/mol. The molecule has 0 atom stereocenters. The molecule has 9 aromatic rings. The van der Waals surface area contributed by atoms with Crippen LogP contribution < -0.4 is 4.40 Å². The first-order valence-electron chi connectivity index (χ1n) is 20.9. The Hall–Kier alpha value is -5.07. The van der Waals surface area contributed by atoms with Crippen LogP contribution >= 0.6 is 0 Å². The van der Waals surface area contributed by atoms with Crippen LogP contribution in [0.25, 0.3) is 72.4 Å². The first kappa shape index (κ1) is 41.7. The summed E-state index contributed by atoms with van der Waals surface area (Å²) in [6, 6.07) is 51.7. The molecule has 0 N–H and O–H groups in total. The molecule has 1 radical (unpaired) electrons. The number of rotatable bonds is 6. The summed E-state index contributed by atoms with van der Waals surface area (Å²) in [5, 5.41) is 2.22. The van der Waals surface area contributed by atoms with Gasteiger partial charge in [-0.15, -0.1) is 18.2 Å². The van der Waals surface area contributed by atoms with Crippen molar-refractivity contribution in [1.29, 1.82) is 0 Å². The van der Waals surface area contributed by atoms with E-state index in [0.717, 1.165) is 55.6 Å². The normalized spacial score (nSPS) is 13.1. The molecule has 0 spiro atoms. The molecule has 6 heteroatoms. The first-order valence-corrected chi connectivity index (χ1v) is 28.2. The minimum Gasteiger partial charge on any atom is 0 e. The van der Waals surface area contributed by atoms with E-state index in [9.17, 15) is 0 Å². The molecule has 1 aliphatic rings. The monoisotopic (exact) mass is 1020 g/mol. The molecule has 10 rings (SSSR count). The molecule has 0 fully saturated rings. The molecule has 0 bridgehead atoms. The molecule has 60 heavy (non-hydrogen) atoms. The van der Waals surface area contributed by atoms with Crippen molar-refractivity contribution in [1.82, 2.24) is 14.5 Å². The van der Waals surface area contributed by atoms with Gasteiger partial charge in [-0.05, 0) is 51.8 Å². The number of fused-ring (bicyclic) bond motifs is 8. The molecule has 0 saturated carbocycles. The third-order valence-electron chi connectivity index (χ3n) is 12.1. The molecule has 0 aliphatic heterocycles. The van der Waals surface area contributed by atoms with Crippen LogP contribution in [-0.2, 0) is 25.5 Å². The third kappa shape index (κ3) is 7.09. The van der Waals surface area contributed by atoms with Gasteiger partial charge in [-0.25, -0.2) is 0 Å². The van der Waals surface area contributed by atoms with Gasteiger partial charge in [0.15, 0.2) is 0 Å². The molecular weight excluding hydrogens is 971 g/mol. The van der Waals surface area contributed by atoms with E-state index in [2.05, 4.69) is 178 Å². The Morgan fingerprint density at radius 1 is 0.667 bits per heavy atom. The standard InChI is InChI=1S/C40H35N2O.C14H16GeN.Ir/c1-23(2)25-14-11-15-26(24(3)4)36(25)42-34-20-10-9-19-33(34)41-39(42)30-17-12-16-27-28-21-22-32-35(38(28)43-37(27)30)29-13-7-8-18-31(29)40(32,5)6;1-15(2,3)13-9-10-14(16-11-13)12-7-5-4-6-8-12;/h7-16,18-24H,1-6H3;4-7,9-11H,1-3H3;/q2*-1;. The summed E-state index contributed by atoms with van der Waals surface area (Å²) in [6.45, 7) is 13.7. The number of pyridine rings is 1. The number of para-hydroxylation sites is 3. The number of aromatic nitrogens is 3. The fraction of sp³-hybridized carbons (Fsp3) is 0.222. The van der Waals surface area contributed by atoms with Crippen molar-refractivity contribution in [2.75, 3.05) is 0 Å². The predicted octanol–water partition coefficient (Wildman–Crippen LogP) is 14.0. The van der Waals surface area contributed by atoms with E-state index in [1.807, 2.05) is 36.5 Å². The van der Waals surface area contributed by atoms with Gasteiger partial charge in [-0.2, -0.15) is 0 Å². The van der Waals surface area contributed by atoms with Crippen molar-refractivity contribution in [2.24, 2.45) is 0 Å². The molecule has 1 aliphatic carbocycles. The number of furan rings is 1. The van der Waals surface area contributed by atoms with Crippen LogP contribution in [0.5, 0.6) is 0 Å². The summed E-state index contributed by atoms with van der Waals surface area (Å²) in [5.41, 5.74) is 15.7. The summed E-state index contributed by atoms with van der Waals surface area (Å²) in [7, 11) is 0. The molecule has 0 saturated heterocycles. The van der Waals surface area contributed by atoms with Gasteiger partial charge in [0.25, 0.3) is 0 Å². The van der Waals surface area contributed by atoms with Gasteiger partial charge >= 0.3 is 99.8 Å². The fourth-order valence-corrected chi connectivity index (χ4v) is 11.1. The minimum absolute atomic E-state index is 0. The molecule has 303 valence electrons. The Bertz CT molecular complexity index is 2980. The third-order valence-corrected chi connectivity index (χ3v) is 16.4. The topological polar surface area (TPSA) is 43.9 Å². The van der Waals surface area contributed by atoms with Crippen LogP contribution in [0.4, 0.5) is 0 Å². The summed E-state index contributed by atoms with van der Waals surface area (Å²) in [4.78, 5) is 9.81. The van der Waals surface area contributed by atoms with E-state index < -0.39 is 13.3 Å². The Kier molecular flexibility index (Phi) is 11.2. The van der Waals surface area contributed by atoms with E-state index in [-0.39, 0.29) is 25.5 Å². The second kappa shape index (κ2) is 16.1. The largest absolute Gasteiger partial charge is 0 e. The molecule has 0 unspecified atom stereocenters. The number of imidazole rings is 1. The van der Waals surface area contributed by atoms with E-state index in [1.54, 1.807) is 0 Å². The number of nitrogens with zero attached hydrogens (tertiary/aromatic N) is 3. The molecule has 3 aromatic heterocycles. The molecule has 6 aromatic carbocycles. The SMILES string of the molecule is CC(C)c1cccc(C(C)C)c1-n1c(-c2[c-]ccc3c2oc2c4c(ccc23)C(C)(C)c2ccccc2-4)nc2ccccc21.[CH3][Ge]([CH3])([CH3])[c]1ccc(-c2[c-]cccc2)nc1.[Ir]. The van der Waals surface area contributed by atoms with Gasteiger partial charge in [0.05, 0.1) is 22.4 Å². The van der Waals surface area contributed by atoms with Crippen LogP contribution in [0.15, 0.2) is 138 Å². The zero-order chi connectivity index (χ0) is 41.2. The van der Waals surface area contributed by atoms with Crippen molar-refractivity contribution in [3.8, 4) is 39.5 Å². The van der Waals surface area contributed by atoms with Gasteiger partial charge in [-0.3, -0.25) is 4.98 Å². The zero-order valence-electron chi connectivity index (χ0n) is 35.9. The molecule has 0 amide bonds. The van der Waals surface area contributed by atoms with Gasteiger partial charge < -0.3 is 8.98 Å². The van der Waals surface area contributed by atoms with Crippen LogP contribution in [0, 0.1) is 12.1 Å². The van der Waals surface area contributed by atoms with Gasteiger partial charge in [0, 0.05) is 42.2 Å². The van der Waals surface area contributed by atoms with Crippen LogP contribution in [0.3, 0.4) is 0 Å². The molecule has 4 nitrogen and oxygen atoms in total.